The molecule has 2 heterocycles. The summed E-state index contributed by atoms with van der Waals surface area (Å²) in [5.74, 6) is -1.52. The molecule has 32 heavy (non-hydrogen) atoms. The highest BCUT2D eigenvalue weighted by atomic mass is 35.5. The molecule has 2 saturated heterocycles. The first-order valence-electron chi connectivity index (χ1n) is 10.6. The lowest BCUT2D eigenvalue weighted by atomic mass is 9.95. The largest absolute Gasteiger partial charge is 0.507 e. The van der Waals surface area contributed by atoms with Gasteiger partial charge >= 0.3 is 0 Å². The molecule has 2 aliphatic heterocycles. The average molecular weight is 475 g/mol. The van der Waals surface area contributed by atoms with Gasteiger partial charge < -0.3 is 14.7 Å². The highest BCUT2D eigenvalue weighted by molar-refractivity contribution is 6.46. The van der Waals surface area contributed by atoms with E-state index >= 15 is 0 Å². The molecule has 2 fully saturated rings. The molecule has 168 valence electrons. The Kier molecular flexibility index (Phi) is 7.16. The van der Waals surface area contributed by atoms with E-state index in [-0.39, 0.29) is 11.3 Å². The Hall–Kier alpha value is -2.38. The Labute approximate surface area is 197 Å². The normalized spacial score (nSPS) is 21.3. The van der Waals surface area contributed by atoms with Crippen LogP contribution in [0.5, 0.6) is 0 Å². The highest BCUT2D eigenvalue weighted by Gasteiger charge is 2.45. The molecule has 8 heteroatoms. The number of likely N-dealkylation sites (tertiary alicyclic amines) is 1. The van der Waals surface area contributed by atoms with Gasteiger partial charge in [0, 0.05) is 31.7 Å². The summed E-state index contributed by atoms with van der Waals surface area (Å²) in [6.45, 7) is 4.26. The molecule has 6 nitrogen and oxygen atoms in total. The minimum Gasteiger partial charge on any atom is -0.507 e. The van der Waals surface area contributed by atoms with Crippen molar-refractivity contribution < 1.29 is 19.4 Å². The van der Waals surface area contributed by atoms with E-state index in [1.54, 1.807) is 42.5 Å². The Morgan fingerprint density at radius 1 is 1.00 bits per heavy atom. The quantitative estimate of drug-likeness (QED) is 0.387. The topological polar surface area (TPSA) is 70.1 Å². The monoisotopic (exact) mass is 474 g/mol. The first-order chi connectivity index (χ1) is 15.5. The maximum Gasteiger partial charge on any atom is 0.295 e. The van der Waals surface area contributed by atoms with Crippen molar-refractivity contribution >= 4 is 40.7 Å². The molecular weight excluding hydrogens is 451 g/mol. The Balaban J connectivity index is 1.68. The van der Waals surface area contributed by atoms with Crippen LogP contribution in [0.2, 0.25) is 10.0 Å². The fraction of sp³-hybridized carbons (Fsp3) is 0.333. The number of carbonyl (C=O) groups excluding carboxylic acids is 2. The minimum absolute atomic E-state index is 0.0611. The summed E-state index contributed by atoms with van der Waals surface area (Å²) in [4.78, 5) is 29.8. The molecule has 0 aromatic heterocycles. The number of morpholine rings is 1. The average Bonchev–Trinajstić information content (AvgIpc) is 3.07. The maximum absolute atomic E-state index is 13.0. The Morgan fingerprint density at radius 3 is 2.41 bits per heavy atom. The highest BCUT2D eigenvalue weighted by Crippen LogP contribution is 2.40. The number of carbonyl (C=O) groups is 2. The van der Waals surface area contributed by atoms with Gasteiger partial charge in [-0.25, -0.2) is 0 Å². The third-order valence-corrected chi connectivity index (χ3v) is 6.56. The number of hydrogen-bond donors (Lipinski definition) is 1. The lowest BCUT2D eigenvalue weighted by Crippen LogP contribution is -2.38. The van der Waals surface area contributed by atoms with Gasteiger partial charge in [-0.1, -0.05) is 59.6 Å². The molecule has 1 N–H and O–H groups in total. The smallest absolute Gasteiger partial charge is 0.295 e. The van der Waals surface area contributed by atoms with Crippen molar-refractivity contribution in [2.24, 2.45) is 0 Å². The second-order valence-corrected chi connectivity index (χ2v) is 8.65. The number of nitrogens with zero attached hydrogens (tertiary/aromatic N) is 2. The molecule has 0 radical (unpaired) electrons. The number of benzene rings is 2. The predicted molar refractivity (Wildman–Crippen MR) is 124 cm³/mol. The number of hydrogen-bond acceptors (Lipinski definition) is 5. The van der Waals surface area contributed by atoms with Crippen LogP contribution in [0.15, 0.2) is 54.1 Å². The lowest BCUT2D eigenvalue weighted by Gasteiger charge is -2.29. The number of rotatable bonds is 6. The first-order valence-corrected chi connectivity index (χ1v) is 11.3. The standard InChI is InChI=1S/C24H24Cl2N2O4/c25-18-8-7-17(15-19(18)26)21-20(22(29)16-5-2-1-3-6-16)23(30)24(31)28(21)10-4-9-27-11-13-32-14-12-27/h1-3,5-8,15,21,29H,4,9-14H2. The third kappa shape index (κ3) is 4.69. The molecule has 1 amide bonds. The van der Waals surface area contributed by atoms with Crippen LogP contribution in [0.3, 0.4) is 0 Å². The molecule has 2 aliphatic rings. The number of aliphatic hydroxyl groups is 1. The van der Waals surface area contributed by atoms with E-state index in [1.807, 2.05) is 6.07 Å². The molecule has 1 unspecified atom stereocenters. The summed E-state index contributed by atoms with van der Waals surface area (Å²) in [6, 6.07) is 13.0. The summed E-state index contributed by atoms with van der Waals surface area (Å²) in [5.41, 5.74) is 1.16. The van der Waals surface area contributed by atoms with Crippen LogP contribution in [0.25, 0.3) is 5.76 Å². The van der Waals surface area contributed by atoms with Crippen LogP contribution < -0.4 is 0 Å². The van der Waals surface area contributed by atoms with Gasteiger partial charge in [-0.3, -0.25) is 14.5 Å². The van der Waals surface area contributed by atoms with E-state index in [0.717, 1.165) is 19.6 Å². The lowest BCUT2D eigenvalue weighted by molar-refractivity contribution is -0.140. The van der Waals surface area contributed by atoms with Crippen molar-refractivity contribution in [2.45, 2.75) is 12.5 Å². The van der Waals surface area contributed by atoms with E-state index < -0.39 is 17.7 Å². The van der Waals surface area contributed by atoms with Crippen LogP contribution in [-0.4, -0.2) is 66.0 Å². The number of ketones is 1. The number of halogens is 2. The van der Waals surface area contributed by atoms with E-state index in [2.05, 4.69) is 4.90 Å². The van der Waals surface area contributed by atoms with Gasteiger partial charge in [0.2, 0.25) is 0 Å². The first kappa shape index (κ1) is 22.8. The molecule has 2 aromatic carbocycles. The second-order valence-electron chi connectivity index (χ2n) is 7.84. The SMILES string of the molecule is O=C1C(=O)N(CCCN2CCOCC2)C(c2ccc(Cl)c(Cl)c2)C1=C(O)c1ccccc1. The molecular formula is C24H24Cl2N2O4. The van der Waals surface area contributed by atoms with Crippen molar-refractivity contribution in [3.05, 3.63) is 75.3 Å². The molecule has 0 bridgehead atoms. The summed E-state index contributed by atoms with van der Waals surface area (Å²) in [5, 5.41) is 11.7. The second kappa shape index (κ2) is 10.0. The molecule has 0 aliphatic carbocycles. The van der Waals surface area contributed by atoms with Gasteiger partial charge in [0.25, 0.3) is 11.7 Å². The third-order valence-electron chi connectivity index (χ3n) is 5.82. The zero-order valence-corrected chi connectivity index (χ0v) is 19.0. The molecule has 0 spiro atoms. The Bertz CT molecular complexity index is 1040. The number of aliphatic hydroxyl groups excluding tert-OH is 1. The van der Waals surface area contributed by atoms with E-state index in [0.29, 0.717) is 47.4 Å². The summed E-state index contributed by atoms with van der Waals surface area (Å²) >= 11 is 12.3. The van der Waals surface area contributed by atoms with Gasteiger partial charge in [-0.15, -0.1) is 0 Å². The van der Waals surface area contributed by atoms with Gasteiger partial charge in [-0.2, -0.15) is 0 Å². The van der Waals surface area contributed by atoms with Crippen LogP contribution in [-0.2, 0) is 14.3 Å². The van der Waals surface area contributed by atoms with Gasteiger partial charge in [0.15, 0.2) is 0 Å². The van der Waals surface area contributed by atoms with Crippen LogP contribution >= 0.6 is 23.2 Å². The Morgan fingerprint density at radius 2 is 1.72 bits per heavy atom. The maximum atomic E-state index is 13.0. The molecule has 1 atom stereocenters. The van der Waals surface area contributed by atoms with Gasteiger partial charge in [0.1, 0.15) is 5.76 Å². The fourth-order valence-electron chi connectivity index (χ4n) is 4.18. The number of amides is 1. The van der Waals surface area contributed by atoms with E-state index in [1.165, 1.54) is 4.90 Å². The van der Waals surface area contributed by atoms with Gasteiger partial charge in [-0.05, 0) is 24.1 Å². The summed E-state index contributed by atoms with van der Waals surface area (Å²) in [6.07, 6.45) is 0.691. The number of Topliss-reactive ketones (excluding diaryl/α,β-unsaturated/α-hetero) is 1. The van der Waals surface area contributed by atoms with Crippen molar-refractivity contribution in [1.29, 1.82) is 0 Å². The van der Waals surface area contributed by atoms with Crippen molar-refractivity contribution in [3.8, 4) is 0 Å². The fourth-order valence-corrected chi connectivity index (χ4v) is 4.49. The minimum atomic E-state index is -0.741. The van der Waals surface area contributed by atoms with Crippen molar-refractivity contribution in [2.75, 3.05) is 39.4 Å². The van der Waals surface area contributed by atoms with Crippen LogP contribution in [0.4, 0.5) is 0 Å². The van der Waals surface area contributed by atoms with Crippen LogP contribution in [0.1, 0.15) is 23.6 Å². The molecule has 2 aromatic rings. The summed E-state index contributed by atoms with van der Waals surface area (Å²) < 4.78 is 5.38. The molecule has 4 rings (SSSR count). The van der Waals surface area contributed by atoms with Crippen LogP contribution in [0, 0.1) is 0 Å². The van der Waals surface area contributed by atoms with Crippen molar-refractivity contribution in [3.63, 3.8) is 0 Å². The number of ether oxygens (including phenoxy) is 1. The summed E-state index contributed by atoms with van der Waals surface area (Å²) in [7, 11) is 0. The van der Waals surface area contributed by atoms with E-state index in [4.69, 9.17) is 27.9 Å². The zero-order chi connectivity index (χ0) is 22.7. The zero-order valence-electron chi connectivity index (χ0n) is 17.5. The molecule has 0 saturated carbocycles. The predicted octanol–water partition coefficient (Wildman–Crippen LogP) is 4.14. The van der Waals surface area contributed by atoms with E-state index in [9.17, 15) is 14.7 Å². The van der Waals surface area contributed by atoms with Crippen molar-refractivity contribution in [1.82, 2.24) is 9.80 Å². The van der Waals surface area contributed by atoms with Gasteiger partial charge in [0.05, 0.1) is 34.9 Å².